The maximum absolute atomic E-state index is 14.0. The number of hydrogen-bond donors (Lipinski definition) is 2. The lowest BCUT2D eigenvalue weighted by Gasteiger charge is -2.23. The average molecular weight is 328 g/mol. The fraction of sp³-hybridized carbons (Fsp3) is 0.562. The number of halogens is 2. The van der Waals surface area contributed by atoms with E-state index in [2.05, 4.69) is 5.32 Å². The maximum atomic E-state index is 14.0. The van der Waals surface area contributed by atoms with Crippen molar-refractivity contribution in [3.8, 4) is 5.75 Å². The largest absolute Gasteiger partial charge is 0.482 e. The van der Waals surface area contributed by atoms with Gasteiger partial charge in [-0.15, -0.1) is 0 Å². The van der Waals surface area contributed by atoms with Crippen LogP contribution in [0, 0.1) is 11.6 Å². The van der Waals surface area contributed by atoms with Gasteiger partial charge in [0.2, 0.25) is 0 Å². The van der Waals surface area contributed by atoms with Crippen LogP contribution in [0.15, 0.2) is 12.1 Å². The van der Waals surface area contributed by atoms with E-state index in [1.54, 1.807) is 20.8 Å². The van der Waals surface area contributed by atoms with Crippen LogP contribution in [0.1, 0.15) is 33.6 Å². The van der Waals surface area contributed by atoms with Crippen LogP contribution < -0.4 is 10.1 Å². The van der Waals surface area contributed by atoms with Crippen LogP contribution in [0.4, 0.5) is 19.3 Å². The minimum atomic E-state index is -0.879. The molecule has 23 heavy (non-hydrogen) atoms. The van der Waals surface area contributed by atoms with Gasteiger partial charge >= 0.3 is 6.03 Å². The standard InChI is InChI=1S/C16H22F2N2O3/c1-16(2,3)23-14-12(17)8-10(9-13(14)18)19-15(22)20(6-7-21)11-4-5-11/h8-9,11,21H,4-7H2,1-3H3,(H,19,22). The molecule has 0 bridgehead atoms. The van der Waals surface area contributed by atoms with Gasteiger partial charge in [-0.3, -0.25) is 0 Å². The van der Waals surface area contributed by atoms with E-state index < -0.39 is 29.0 Å². The van der Waals surface area contributed by atoms with E-state index in [1.165, 1.54) is 4.90 Å². The van der Waals surface area contributed by atoms with Gasteiger partial charge in [-0.05, 0) is 33.6 Å². The van der Waals surface area contributed by atoms with Gasteiger partial charge in [0.1, 0.15) is 5.60 Å². The molecule has 1 aromatic rings. The monoisotopic (exact) mass is 328 g/mol. The number of rotatable bonds is 5. The van der Waals surface area contributed by atoms with Gasteiger partial charge in [0.25, 0.3) is 0 Å². The SMILES string of the molecule is CC(C)(C)Oc1c(F)cc(NC(=O)N(CCO)C2CC2)cc1F. The second-order valence-corrected chi connectivity index (χ2v) is 6.56. The molecule has 0 unspecified atom stereocenters. The number of ether oxygens (including phenoxy) is 1. The molecule has 1 fully saturated rings. The summed E-state index contributed by atoms with van der Waals surface area (Å²) in [6.45, 7) is 5.08. The molecule has 0 spiro atoms. The number of aliphatic hydroxyl groups is 1. The van der Waals surface area contributed by atoms with Crippen molar-refractivity contribution in [1.29, 1.82) is 0 Å². The van der Waals surface area contributed by atoms with E-state index in [-0.39, 0.29) is 24.9 Å². The van der Waals surface area contributed by atoms with Gasteiger partial charge in [0.15, 0.2) is 17.4 Å². The summed E-state index contributed by atoms with van der Waals surface area (Å²) in [5, 5.41) is 11.5. The third-order valence-corrected chi connectivity index (χ3v) is 3.25. The molecule has 1 aliphatic carbocycles. The molecule has 2 amide bonds. The van der Waals surface area contributed by atoms with Gasteiger partial charge in [0, 0.05) is 30.4 Å². The Labute approximate surface area is 134 Å². The Morgan fingerprint density at radius 3 is 2.35 bits per heavy atom. The highest BCUT2D eigenvalue weighted by Gasteiger charge is 2.32. The molecule has 7 heteroatoms. The molecule has 0 radical (unpaired) electrons. The quantitative estimate of drug-likeness (QED) is 0.873. The van der Waals surface area contributed by atoms with Gasteiger partial charge < -0.3 is 20.1 Å². The van der Waals surface area contributed by atoms with Crippen molar-refractivity contribution >= 4 is 11.7 Å². The number of aliphatic hydroxyl groups excluding tert-OH is 1. The van der Waals surface area contributed by atoms with Crippen molar-refractivity contribution in [2.45, 2.75) is 45.3 Å². The minimum Gasteiger partial charge on any atom is -0.482 e. The lowest BCUT2D eigenvalue weighted by molar-refractivity contribution is 0.117. The summed E-state index contributed by atoms with van der Waals surface area (Å²) in [6.07, 6.45) is 1.74. The van der Waals surface area contributed by atoms with Gasteiger partial charge in [0.05, 0.1) is 6.61 Å². The zero-order valence-electron chi connectivity index (χ0n) is 13.5. The van der Waals surface area contributed by atoms with Crippen molar-refractivity contribution in [2.75, 3.05) is 18.5 Å². The number of benzene rings is 1. The Hall–Kier alpha value is -1.89. The lowest BCUT2D eigenvalue weighted by atomic mass is 10.2. The molecule has 0 aromatic heterocycles. The van der Waals surface area contributed by atoms with Crippen molar-refractivity contribution < 1.29 is 23.4 Å². The highest BCUT2D eigenvalue weighted by Crippen LogP contribution is 2.30. The van der Waals surface area contributed by atoms with E-state index in [0.29, 0.717) is 0 Å². The Balaban J connectivity index is 2.13. The van der Waals surface area contributed by atoms with Crippen LogP contribution in [-0.2, 0) is 0 Å². The summed E-state index contributed by atoms with van der Waals surface area (Å²) >= 11 is 0. The number of anilines is 1. The second-order valence-electron chi connectivity index (χ2n) is 6.56. The number of amides is 2. The number of hydrogen-bond acceptors (Lipinski definition) is 3. The van der Waals surface area contributed by atoms with Crippen LogP contribution in [0.3, 0.4) is 0 Å². The fourth-order valence-electron chi connectivity index (χ4n) is 2.17. The highest BCUT2D eigenvalue weighted by molar-refractivity contribution is 5.89. The Kier molecular flexibility index (Phi) is 5.09. The second kappa shape index (κ2) is 6.70. The molecule has 128 valence electrons. The molecule has 2 rings (SSSR count). The van der Waals surface area contributed by atoms with Crippen molar-refractivity contribution in [2.24, 2.45) is 0 Å². The topological polar surface area (TPSA) is 61.8 Å². The van der Waals surface area contributed by atoms with E-state index in [1.807, 2.05) is 0 Å². The summed E-state index contributed by atoms with van der Waals surface area (Å²) in [4.78, 5) is 13.6. The van der Waals surface area contributed by atoms with Crippen LogP contribution in [0.2, 0.25) is 0 Å². The molecular weight excluding hydrogens is 306 g/mol. The summed E-state index contributed by atoms with van der Waals surface area (Å²) in [5.74, 6) is -2.23. The first kappa shape index (κ1) is 17.5. The summed E-state index contributed by atoms with van der Waals surface area (Å²) < 4.78 is 33.3. The molecule has 0 aliphatic heterocycles. The predicted molar refractivity (Wildman–Crippen MR) is 82.6 cm³/mol. The van der Waals surface area contributed by atoms with Gasteiger partial charge in [-0.1, -0.05) is 0 Å². The molecule has 1 aliphatic rings. The van der Waals surface area contributed by atoms with Crippen molar-refractivity contribution in [3.05, 3.63) is 23.8 Å². The maximum Gasteiger partial charge on any atom is 0.322 e. The third kappa shape index (κ3) is 4.79. The molecule has 2 N–H and O–H groups in total. The lowest BCUT2D eigenvalue weighted by Crippen LogP contribution is -2.38. The van der Waals surface area contributed by atoms with Crippen LogP contribution >= 0.6 is 0 Å². The van der Waals surface area contributed by atoms with Gasteiger partial charge in [-0.25, -0.2) is 13.6 Å². The summed E-state index contributed by atoms with van der Waals surface area (Å²) in [5.41, 5.74) is -0.731. The van der Waals surface area contributed by atoms with Crippen LogP contribution in [0.25, 0.3) is 0 Å². The van der Waals surface area contributed by atoms with Crippen LogP contribution in [0.5, 0.6) is 5.75 Å². The first-order valence-corrected chi connectivity index (χ1v) is 7.58. The number of nitrogens with one attached hydrogen (secondary N) is 1. The molecule has 5 nitrogen and oxygen atoms in total. The van der Waals surface area contributed by atoms with Crippen molar-refractivity contribution in [1.82, 2.24) is 4.90 Å². The third-order valence-electron chi connectivity index (χ3n) is 3.25. The number of nitrogens with zero attached hydrogens (tertiary/aromatic N) is 1. The van der Waals surface area contributed by atoms with E-state index in [4.69, 9.17) is 9.84 Å². The molecule has 1 saturated carbocycles. The number of carbonyl (C=O) groups excluding carboxylic acids is 1. The Morgan fingerprint density at radius 2 is 1.91 bits per heavy atom. The van der Waals surface area contributed by atoms with Crippen molar-refractivity contribution in [3.63, 3.8) is 0 Å². The summed E-state index contributed by atoms with van der Waals surface area (Å²) in [7, 11) is 0. The predicted octanol–water partition coefficient (Wildman–Crippen LogP) is 3.13. The average Bonchev–Trinajstić information content (AvgIpc) is 3.23. The molecular formula is C16H22F2N2O3. The molecule has 0 atom stereocenters. The van der Waals surface area contributed by atoms with E-state index in [9.17, 15) is 13.6 Å². The molecule has 0 heterocycles. The first-order chi connectivity index (χ1) is 10.7. The summed E-state index contributed by atoms with van der Waals surface area (Å²) in [6, 6.07) is 1.64. The normalized spacial score (nSPS) is 14.5. The molecule has 1 aromatic carbocycles. The zero-order chi connectivity index (χ0) is 17.2. The Bertz CT molecular complexity index is 560. The van der Waals surface area contributed by atoms with Crippen LogP contribution in [-0.4, -0.2) is 40.8 Å². The number of urea groups is 1. The zero-order valence-corrected chi connectivity index (χ0v) is 13.5. The first-order valence-electron chi connectivity index (χ1n) is 7.58. The van der Waals surface area contributed by atoms with Gasteiger partial charge in [-0.2, -0.15) is 0 Å². The van der Waals surface area contributed by atoms with E-state index >= 15 is 0 Å². The fourth-order valence-corrected chi connectivity index (χ4v) is 2.17. The van der Waals surface area contributed by atoms with E-state index in [0.717, 1.165) is 25.0 Å². The Morgan fingerprint density at radius 1 is 1.35 bits per heavy atom. The minimum absolute atomic E-state index is 0.00912. The highest BCUT2D eigenvalue weighted by atomic mass is 19.1. The molecule has 0 saturated heterocycles. The number of carbonyl (C=O) groups is 1. The smallest absolute Gasteiger partial charge is 0.322 e.